The van der Waals surface area contributed by atoms with Gasteiger partial charge in [-0.15, -0.1) is 11.3 Å². The molecule has 0 spiro atoms. The summed E-state index contributed by atoms with van der Waals surface area (Å²) in [4.78, 5) is 12.9. The van der Waals surface area contributed by atoms with Gasteiger partial charge in [0.05, 0.1) is 4.88 Å². The number of anilines is 2. The molecule has 180 valence electrons. The molecule has 2 fully saturated rings. The third kappa shape index (κ3) is 4.67. The highest BCUT2D eigenvalue weighted by Gasteiger charge is 2.49. The van der Waals surface area contributed by atoms with E-state index < -0.39 is 17.5 Å². The van der Waals surface area contributed by atoms with E-state index in [1.165, 1.54) is 11.3 Å². The van der Waals surface area contributed by atoms with Gasteiger partial charge in [-0.2, -0.15) is 13.2 Å². The molecule has 34 heavy (non-hydrogen) atoms. The van der Waals surface area contributed by atoms with Crippen LogP contribution in [0, 0.1) is 12.8 Å². The molecule has 0 unspecified atom stereocenters. The first-order chi connectivity index (χ1) is 16.0. The standard InChI is InChI=1S/C24H26F3N5OS/c1-14-10-15(12-17(11-14)31-21-29-9-4-19(32-21)24(25,26)27)18-13-30-20(34-18)23(33)5-2-16(3-6-23)22(28)7-8-22/h4,9-13,16,33H,2-3,5-8,28H2,1H3,(H,29,31,32)/t16-,23-. The summed E-state index contributed by atoms with van der Waals surface area (Å²) in [7, 11) is 0. The van der Waals surface area contributed by atoms with Gasteiger partial charge in [-0.3, -0.25) is 0 Å². The molecule has 2 aliphatic carbocycles. The molecule has 3 aromatic rings. The molecule has 6 nitrogen and oxygen atoms in total. The van der Waals surface area contributed by atoms with Crippen molar-refractivity contribution in [3.8, 4) is 10.4 Å². The van der Waals surface area contributed by atoms with E-state index in [1.54, 1.807) is 6.20 Å². The minimum atomic E-state index is -4.54. The Morgan fingerprint density at radius 2 is 1.85 bits per heavy atom. The Hall–Kier alpha value is -2.56. The Bertz CT molecular complexity index is 1200. The number of aromatic nitrogens is 3. The van der Waals surface area contributed by atoms with Crippen LogP contribution in [-0.4, -0.2) is 25.6 Å². The van der Waals surface area contributed by atoms with Crippen LogP contribution in [0.1, 0.15) is 54.8 Å². The molecule has 0 bridgehead atoms. The number of nitrogens with zero attached hydrogens (tertiary/aromatic N) is 3. The number of hydrogen-bond acceptors (Lipinski definition) is 7. The third-order valence-corrected chi connectivity index (χ3v) is 8.16. The van der Waals surface area contributed by atoms with Crippen LogP contribution in [0.2, 0.25) is 0 Å². The normalized spacial score (nSPS) is 24.1. The number of thiazole rings is 1. The van der Waals surface area contributed by atoms with Crippen LogP contribution in [0.3, 0.4) is 0 Å². The fourth-order valence-electron chi connectivity index (χ4n) is 4.76. The van der Waals surface area contributed by atoms with Crippen LogP contribution in [-0.2, 0) is 11.8 Å². The maximum Gasteiger partial charge on any atom is 0.433 e. The minimum Gasteiger partial charge on any atom is -0.383 e. The van der Waals surface area contributed by atoms with E-state index in [4.69, 9.17) is 5.73 Å². The molecule has 0 radical (unpaired) electrons. The minimum absolute atomic E-state index is 0.0241. The van der Waals surface area contributed by atoms with Crippen LogP contribution >= 0.6 is 11.3 Å². The molecular formula is C24H26F3N5OS. The lowest BCUT2D eigenvalue weighted by molar-refractivity contribution is -0.141. The zero-order valence-corrected chi connectivity index (χ0v) is 19.5. The molecular weight excluding hydrogens is 463 g/mol. The Morgan fingerprint density at radius 1 is 1.12 bits per heavy atom. The average molecular weight is 490 g/mol. The highest BCUT2D eigenvalue weighted by Crippen LogP contribution is 2.50. The Kier molecular flexibility index (Phi) is 5.65. The second kappa shape index (κ2) is 8.28. The number of hydrogen-bond donors (Lipinski definition) is 3. The average Bonchev–Trinajstić information content (AvgIpc) is 3.32. The molecule has 2 aliphatic rings. The number of nitrogens with two attached hydrogens (primary N) is 1. The highest BCUT2D eigenvalue weighted by atomic mass is 32.1. The topological polar surface area (TPSA) is 97.0 Å². The maximum absolute atomic E-state index is 13.0. The second-order valence-electron chi connectivity index (χ2n) is 9.54. The fraction of sp³-hybridized carbons (Fsp3) is 0.458. The number of alkyl halides is 3. The molecule has 2 saturated carbocycles. The molecule has 5 rings (SSSR count). The van der Waals surface area contributed by atoms with E-state index in [0.717, 1.165) is 54.0 Å². The lowest BCUT2D eigenvalue weighted by atomic mass is 9.75. The van der Waals surface area contributed by atoms with Crippen molar-refractivity contribution in [3.63, 3.8) is 0 Å². The first kappa shape index (κ1) is 23.2. The first-order valence-electron chi connectivity index (χ1n) is 11.3. The Morgan fingerprint density at radius 3 is 2.53 bits per heavy atom. The van der Waals surface area contributed by atoms with Crippen molar-refractivity contribution >= 4 is 23.0 Å². The largest absolute Gasteiger partial charge is 0.433 e. The third-order valence-electron chi connectivity index (χ3n) is 6.92. The first-order valence-corrected chi connectivity index (χ1v) is 12.1. The van der Waals surface area contributed by atoms with Crippen molar-refractivity contribution in [3.05, 3.63) is 52.9 Å². The SMILES string of the molecule is Cc1cc(Nc2nccc(C(F)(F)F)n2)cc(-c2cnc([C@]3(O)CC[C@H](C4(N)CC4)CC3)s2)c1. The quantitative estimate of drug-likeness (QED) is 0.435. The Labute approximate surface area is 199 Å². The predicted molar refractivity (Wildman–Crippen MR) is 125 cm³/mol. The summed E-state index contributed by atoms with van der Waals surface area (Å²) in [6.07, 6.45) is 3.53. The molecule has 0 aliphatic heterocycles. The van der Waals surface area contributed by atoms with Crippen LogP contribution in [0.25, 0.3) is 10.4 Å². The van der Waals surface area contributed by atoms with Gasteiger partial charge < -0.3 is 16.2 Å². The van der Waals surface area contributed by atoms with Gasteiger partial charge in [0, 0.05) is 23.6 Å². The highest BCUT2D eigenvalue weighted by molar-refractivity contribution is 7.15. The van der Waals surface area contributed by atoms with Gasteiger partial charge in [0.2, 0.25) is 5.95 Å². The lowest BCUT2D eigenvalue weighted by Crippen LogP contribution is -2.40. The van der Waals surface area contributed by atoms with E-state index in [-0.39, 0.29) is 11.5 Å². The van der Waals surface area contributed by atoms with Crippen molar-refractivity contribution in [1.29, 1.82) is 0 Å². The van der Waals surface area contributed by atoms with Crippen LogP contribution in [0.5, 0.6) is 0 Å². The summed E-state index contributed by atoms with van der Waals surface area (Å²) in [6.45, 7) is 1.90. The number of rotatable bonds is 5. The summed E-state index contributed by atoms with van der Waals surface area (Å²) in [6, 6.07) is 6.44. The molecule has 0 atom stereocenters. The molecule has 2 heterocycles. The van der Waals surface area contributed by atoms with Crippen molar-refractivity contribution in [2.45, 2.75) is 62.8 Å². The molecule has 10 heteroatoms. The van der Waals surface area contributed by atoms with Gasteiger partial charge in [0.1, 0.15) is 16.3 Å². The summed E-state index contributed by atoms with van der Waals surface area (Å²) in [5, 5.41) is 14.9. The molecule has 0 amide bonds. The zero-order valence-electron chi connectivity index (χ0n) is 18.7. The van der Waals surface area contributed by atoms with Crippen molar-refractivity contribution in [2.75, 3.05) is 5.32 Å². The predicted octanol–water partition coefficient (Wildman–Crippen LogP) is 5.54. The van der Waals surface area contributed by atoms with Crippen LogP contribution in [0.4, 0.5) is 24.8 Å². The monoisotopic (exact) mass is 489 g/mol. The van der Waals surface area contributed by atoms with Gasteiger partial charge in [-0.05, 0) is 80.7 Å². The molecule has 0 saturated heterocycles. The van der Waals surface area contributed by atoms with Gasteiger partial charge in [0.25, 0.3) is 0 Å². The summed E-state index contributed by atoms with van der Waals surface area (Å²) < 4.78 is 38.9. The summed E-state index contributed by atoms with van der Waals surface area (Å²) >= 11 is 1.45. The van der Waals surface area contributed by atoms with Gasteiger partial charge >= 0.3 is 6.18 Å². The molecule has 4 N–H and O–H groups in total. The Balaban J connectivity index is 1.34. The van der Waals surface area contributed by atoms with Gasteiger partial charge in [-0.25, -0.2) is 15.0 Å². The summed E-state index contributed by atoms with van der Waals surface area (Å²) in [5.41, 5.74) is 6.75. The molecule has 1 aromatic carbocycles. The van der Waals surface area contributed by atoms with Crippen molar-refractivity contribution in [1.82, 2.24) is 15.0 Å². The number of benzene rings is 1. The van der Waals surface area contributed by atoms with Crippen molar-refractivity contribution < 1.29 is 18.3 Å². The second-order valence-corrected chi connectivity index (χ2v) is 10.6. The van der Waals surface area contributed by atoms with Gasteiger partial charge in [-0.1, -0.05) is 6.07 Å². The lowest BCUT2D eigenvalue weighted by Gasteiger charge is -2.37. The van der Waals surface area contributed by atoms with Crippen LogP contribution < -0.4 is 11.1 Å². The van der Waals surface area contributed by atoms with E-state index in [0.29, 0.717) is 29.5 Å². The number of aliphatic hydroxyl groups is 1. The number of nitrogens with one attached hydrogen (secondary N) is 1. The van der Waals surface area contributed by atoms with E-state index in [1.807, 2.05) is 25.1 Å². The van der Waals surface area contributed by atoms with Crippen molar-refractivity contribution in [2.24, 2.45) is 11.7 Å². The van der Waals surface area contributed by atoms with E-state index in [2.05, 4.69) is 20.3 Å². The summed E-state index contributed by atoms with van der Waals surface area (Å²) in [5.74, 6) is 0.339. The molecule has 2 aromatic heterocycles. The zero-order chi connectivity index (χ0) is 24.1. The van der Waals surface area contributed by atoms with Crippen LogP contribution in [0.15, 0.2) is 36.7 Å². The van der Waals surface area contributed by atoms with Gasteiger partial charge in [0.15, 0.2) is 0 Å². The maximum atomic E-state index is 13.0. The van der Waals surface area contributed by atoms with E-state index >= 15 is 0 Å². The smallest absolute Gasteiger partial charge is 0.383 e. The van der Waals surface area contributed by atoms with E-state index in [9.17, 15) is 18.3 Å². The fourth-order valence-corrected chi connectivity index (χ4v) is 5.81. The number of halogens is 3. The number of aryl methyl sites for hydroxylation is 1.